The number of carbonyl (C=O) groups is 4. The number of H-pyrrole nitrogens is 1. The number of carbonyl (C=O) groups excluding carboxylic acids is 3. The van der Waals surface area contributed by atoms with E-state index >= 15 is 0 Å². The molecule has 1 aromatic rings. The second kappa shape index (κ2) is 16.9. The Balaban J connectivity index is 3.01. The molecule has 15 nitrogen and oxygen atoms in total. The van der Waals surface area contributed by atoms with E-state index in [1.807, 2.05) is 0 Å². The largest absolute Gasteiger partial charge is 0.480 e. The number of rotatable bonds is 18. The molecule has 1 rings (SSSR count). The first-order valence-corrected chi connectivity index (χ1v) is 12.6. The Bertz CT molecular complexity index is 918. The number of hydrogen-bond donors (Lipinski definition) is 9. The number of nitrogens with one attached hydrogen (secondary N) is 4. The molecule has 0 bridgehead atoms. The monoisotopic (exact) mass is 538 g/mol. The van der Waals surface area contributed by atoms with Crippen molar-refractivity contribution in [2.24, 2.45) is 33.8 Å². The van der Waals surface area contributed by atoms with E-state index in [4.69, 9.17) is 22.9 Å². The highest BCUT2D eigenvalue weighted by atomic mass is 16.4. The van der Waals surface area contributed by atoms with E-state index in [-0.39, 0.29) is 37.7 Å². The number of nitrogens with two attached hydrogens (primary N) is 4. The zero-order valence-electron chi connectivity index (χ0n) is 22.0. The molecule has 0 fully saturated rings. The number of carboxylic acid groups (broad SMARTS) is 1. The van der Waals surface area contributed by atoms with Crippen molar-refractivity contribution in [3.05, 3.63) is 18.2 Å². The summed E-state index contributed by atoms with van der Waals surface area (Å²) < 4.78 is 0. The van der Waals surface area contributed by atoms with Crippen LogP contribution in [0.3, 0.4) is 0 Å². The molecule has 4 atom stereocenters. The molecule has 3 amide bonds. The second-order valence-corrected chi connectivity index (χ2v) is 9.31. The highest BCUT2D eigenvalue weighted by Gasteiger charge is 2.31. The van der Waals surface area contributed by atoms with Crippen LogP contribution in [0.2, 0.25) is 0 Å². The van der Waals surface area contributed by atoms with Crippen molar-refractivity contribution in [2.45, 2.75) is 76.5 Å². The lowest BCUT2D eigenvalue weighted by Crippen LogP contribution is -2.57. The first-order valence-electron chi connectivity index (χ1n) is 12.6. The minimum absolute atomic E-state index is 0.105. The van der Waals surface area contributed by atoms with Crippen LogP contribution >= 0.6 is 0 Å². The fourth-order valence-corrected chi connectivity index (χ4v) is 3.58. The van der Waals surface area contributed by atoms with E-state index in [2.05, 4.69) is 30.9 Å². The number of aromatic nitrogens is 2. The first-order chi connectivity index (χ1) is 18.0. The molecule has 214 valence electrons. The van der Waals surface area contributed by atoms with Gasteiger partial charge < -0.3 is 49.0 Å². The number of amides is 3. The van der Waals surface area contributed by atoms with Gasteiger partial charge in [-0.15, -0.1) is 0 Å². The van der Waals surface area contributed by atoms with Crippen LogP contribution in [0.5, 0.6) is 0 Å². The maximum Gasteiger partial charge on any atom is 0.326 e. The lowest BCUT2D eigenvalue weighted by atomic mass is 10.0. The van der Waals surface area contributed by atoms with Gasteiger partial charge in [0, 0.05) is 24.9 Å². The summed E-state index contributed by atoms with van der Waals surface area (Å²) in [6, 6.07) is -4.18. The smallest absolute Gasteiger partial charge is 0.326 e. The summed E-state index contributed by atoms with van der Waals surface area (Å²) >= 11 is 0. The summed E-state index contributed by atoms with van der Waals surface area (Å²) in [6.45, 7) is 3.94. The molecule has 0 radical (unpaired) electrons. The Labute approximate surface area is 222 Å². The van der Waals surface area contributed by atoms with E-state index in [9.17, 15) is 24.3 Å². The second-order valence-electron chi connectivity index (χ2n) is 9.31. The van der Waals surface area contributed by atoms with Crippen molar-refractivity contribution < 1.29 is 24.3 Å². The fraction of sp³-hybridized carbons (Fsp3) is 0.652. The number of aromatic amines is 1. The van der Waals surface area contributed by atoms with Crippen LogP contribution in [0.1, 0.15) is 51.6 Å². The van der Waals surface area contributed by atoms with E-state index in [0.29, 0.717) is 31.5 Å². The average molecular weight is 539 g/mol. The molecular formula is C23H42N10O5. The van der Waals surface area contributed by atoms with Crippen LogP contribution < -0.4 is 38.9 Å². The molecule has 0 aliphatic carbocycles. The van der Waals surface area contributed by atoms with Gasteiger partial charge in [0.25, 0.3) is 0 Å². The van der Waals surface area contributed by atoms with Gasteiger partial charge in [-0.05, 0) is 44.6 Å². The summed E-state index contributed by atoms with van der Waals surface area (Å²) in [5, 5.41) is 17.2. The summed E-state index contributed by atoms with van der Waals surface area (Å²) in [7, 11) is 0. The summed E-state index contributed by atoms with van der Waals surface area (Å²) in [6.07, 6.45) is 5.04. The van der Waals surface area contributed by atoms with E-state index in [1.54, 1.807) is 20.0 Å². The highest BCUT2D eigenvalue weighted by Crippen LogP contribution is 2.08. The standard InChI is InChI=1S/C23H42N10O5/c1-13(2)18(22(37)38)33-21(36)16(6-3-4-8-24)32-20(35)17(7-5-9-29-23(26)27)31-19(34)15(25)10-14-11-28-12-30-14/h11-13,15-18H,3-10,24-25H2,1-2H3,(H,28,30)(H,31,34)(H,32,35)(H,33,36)(H,37,38)(H4,26,27,29). The van der Waals surface area contributed by atoms with Gasteiger partial charge in [0.15, 0.2) is 5.96 Å². The Kier molecular flexibility index (Phi) is 14.4. The Hall–Kier alpha value is -3.72. The maximum absolute atomic E-state index is 13.3. The van der Waals surface area contributed by atoms with Crippen molar-refractivity contribution in [3.8, 4) is 0 Å². The van der Waals surface area contributed by atoms with Crippen molar-refractivity contribution in [3.63, 3.8) is 0 Å². The quantitative estimate of drug-likeness (QED) is 0.0545. The molecule has 0 spiro atoms. The van der Waals surface area contributed by atoms with E-state index < -0.39 is 47.9 Å². The van der Waals surface area contributed by atoms with Gasteiger partial charge in [-0.3, -0.25) is 19.4 Å². The molecule has 15 heteroatoms. The number of carboxylic acids is 1. The fourth-order valence-electron chi connectivity index (χ4n) is 3.58. The average Bonchev–Trinajstić information content (AvgIpc) is 3.35. The van der Waals surface area contributed by atoms with Crippen molar-refractivity contribution in [1.29, 1.82) is 0 Å². The number of guanidine groups is 1. The normalized spacial score (nSPS) is 14.1. The summed E-state index contributed by atoms with van der Waals surface area (Å²) in [5.74, 6) is -3.51. The molecule has 38 heavy (non-hydrogen) atoms. The van der Waals surface area contributed by atoms with Gasteiger partial charge in [0.1, 0.15) is 18.1 Å². The Morgan fingerprint density at radius 1 is 1.00 bits per heavy atom. The molecule has 1 heterocycles. The molecule has 0 aliphatic rings. The topological polar surface area (TPSA) is 270 Å². The predicted molar refractivity (Wildman–Crippen MR) is 141 cm³/mol. The van der Waals surface area contributed by atoms with Crippen LogP contribution in [-0.2, 0) is 25.6 Å². The number of unbranched alkanes of at least 4 members (excludes halogenated alkanes) is 1. The lowest BCUT2D eigenvalue weighted by molar-refractivity contribution is -0.143. The van der Waals surface area contributed by atoms with E-state index in [0.717, 1.165) is 0 Å². The van der Waals surface area contributed by atoms with Gasteiger partial charge in [-0.1, -0.05) is 13.8 Å². The minimum Gasteiger partial charge on any atom is -0.480 e. The molecule has 1 aromatic heterocycles. The summed E-state index contributed by atoms with van der Waals surface area (Å²) in [5.41, 5.74) is 22.9. The molecular weight excluding hydrogens is 496 g/mol. The molecule has 0 aliphatic heterocycles. The molecule has 13 N–H and O–H groups in total. The SMILES string of the molecule is CC(C)C(NC(=O)C(CCCCN)NC(=O)C(CCCN=C(N)N)NC(=O)C(N)Cc1cnc[nH]1)C(=O)O. The minimum atomic E-state index is -1.18. The van der Waals surface area contributed by atoms with Crippen LogP contribution in [-0.4, -0.2) is 82.0 Å². The number of imidazole rings is 1. The van der Waals surface area contributed by atoms with Crippen LogP contribution in [0.4, 0.5) is 0 Å². The number of aliphatic carboxylic acids is 1. The third-order valence-electron chi connectivity index (χ3n) is 5.72. The zero-order valence-corrected chi connectivity index (χ0v) is 22.0. The third-order valence-corrected chi connectivity index (χ3v) is 5.72. The Morgan fingerprint density at radius 3 is 2.13 bits per heavy atom. The highest BCUT2D eigenvalue weighted by molar-refractivity contribution is 5.94. The van der Waals surface area contributed by atoms with Gasteiger partial charge in [-0.2, -0.15) is 0 Å². The van der Waals surface area contributed by atoms with Crippen LogP contribution in [0.25, 0.3) is 0 Å². The third kappa shape index (κ3) is 12.0. The predicted octanol–water partition coefficient (Wildman–Crippen LogP) is -2.34. The van der Waals surface area contributed by atoms with Gasteiger partial charge in [0.2, 0.25) is 17.7 Å². The summed E-state index contributed by atoms with van der Waals surface area (Å²) in [4.78, 5) is 61.2. The Morgan fingerprint density at radius 2 is 1.61 bits per heavy atom. The zero-order chi connectivity index (χ0) is 28.7. The van der Waals surface area contributed by atoms with Crippen molar-refractivity contribution >= 4 is 29.7 Å². The van der Waals surface area contributed by atoms with Gasteiger partial charge >= 0.3 is 5.97 Å². The van der Waals surface area contributed by atoms with Crippen molar-refractivity contribution in [1.82, 2.24) is 25.9 Å². The lowest BCUT2D eigenvalue weighted by Gasteiger charge is -2.26. The van der Waals surface area contributed by atoms with E-state index in [1.165, 1.54) is 6.33 Å². The molecule has 4 unspecified atom stereocenters. The maximum atomic E-state index is 13.3. The number of hydrogen-bond acceptors (Lipinski definition) is 8. The number of nitrogens with zero attached hydrogens (tertiary/aromatic N) is 2. The van der Waals surface area contributed by atoms with Crippen LogP contribution in [0, 0.1) is 5.92 Å². The molecule has 0 saturated carbocycles. The van der Waals surface area contributed by atoms with Gasteiger partial charge in [-0.25, -0.2) is 9.78 Å². The molecule has 0 aromatic carbocycles. The van der Waals surface area contributed by atoms with Crippen molar-refractivity contribution in [2.75, 3.05) is 13.1 Å². The molecule has 0 saturated heterocycles. The van der Waals surface area contributed by atoms with Gasteiger partial charge in [0.05, 0.1) is 12.4 Å². The first kappa shape index (κ1) is 32.3. The van der Waals surface area contributed by atoms with Crippen LogP contribution in [0.15, 0.2) is 17.5 Å². The number of aliphatic imine (C=N–C) groups is 1.